The summed E-state index contributed by atoms with van der Waals surface area (Å²) in [5, 5.41) is 3.02. The van der Waals surface area contributed by atoms with Gasteiger partial charge in [0, 0.05) is 33.3 Å². The van der Waals surface area contributed by atoms with Gasteiger partial charge >= 0.3 is 6.03 Å². The lowest BCUT2D eigenvalue weighted by molar-refractivity contribution is 0.0929. The highest BCUT2D eigenvalue weighted by Gasteiger charge is 2.27. The molecule has 0 aromatic carbocycles. The van der Waals surface area contributed by atoms with Crippen LogP contribution in [0.4, 0.5) is 4.79 Å². The van der Waals surface area contributed by atoms with Crippen LogP contribution in [-0.2, 0) is 4.74 Å². The molecular weight excluding hydrogens is 170 g/mol. The summed E-state index contributed by atoms with van der Waals surface area (Å²) in [6.07, 6.45) is 0. The fourth-order valence-electron chi connectivity index (χ4n) is 1.36. The van der Waals surface area contributed by atoms with Crippen molar-refractivity contribution in [1.82, 2.24) is 15.1 Å². The number of likely N-dealkylation sites (N-methyl/N-ethyl adjacent to an activating group) is 1. The van der Waals surface area contributed by atoms with Gasteiger partial charge in [-0.3, -0.25) is 4.90 Å². The lowest BCUT2D eigenvalue weighted by atomic mass is 10.5. The zero-order valence-corrected chi connectivity index (χ0v) is 8.25. The van der Waals surface area contributed by atoms with Crippen LogP contribution in [0.15, 0.2) is 0 Å². The molecule has 0 radical (unpaired) electrons. The van der Waals surface area contributed by atoms with Crippen molar-refractivity contribution in [3.63, 3.8) is 0 Å². The molecule has 13 heavy (non-hydrogen) atoms. The molecule has 0 spiro atoms. The maximum absolute atomic E-state index is 11.5. The molecule has 1 N–H and O–H groups in total. The number of ether oxygens (including phenoxy) is 1. The minimum absolute atomic E-state index is 0.0806. The summed E-state index contributed by atoms with van der Waals surface area (Å²) in [4.78, 5) is 15.1. The Balaban J connectivity index is 2.32. The highest BCUT2D eigenvalue weighted by molar-refractivity contribution is 5.76. The van der Waals surface area contributed by atoms with Crippen LogP contribution in [0.5, 0.6) is 0 Å². The van der Waals surface area contributed by atoms with Crippen LogP contribution in [0.25, 0.3) is 0 Å². The van der Waals surface area contributed by atoms with Crippen LogP contribution in [0.3, 0.4) is 0 Å². The van der Waals surface area contributed by atoms with Gasteiger partial charge in [-0.2, -0.15) is 0 Å². The van der Waals surface area contributed by atoms with E-state index >= 15 is 0 Å². The van der Waals surface area contributed by atoms with E-state index in [1.165, 1.54) is 0 Å². The van der Waals surface area contributed by atoms with Gasteiger partial charge in [-0.15, -0.1) is 0 Å². The summed E-state index contributed by atoms with van der Waals surface area (Å²) in [6.45, 7) is 3.59. The average Bonchev–Trinajstić information content (AvgIpc) is 2.46. The summed E-state index contributed by atoms with van der Waals surface area (Å²) in [5.41, 5.74) is 0. The van der Waals surface area contributed by atoms with Crippen LogP contribution in [0.2, 0.25) is 0 Å². The Morgan fingerprint density at radius 2 is 2.15 bits per heavy atom. The first-order chi connectivity index (χ1) is 6.29. The SMILES string of the molecule is CNCCN1CCN(COC)C1=O. The Kier molecular flexibility index (Phi) is 3.98. The Morgan fingerprint density at radius 3 is 2.77 bits per heavy atom. The molecule has 0 unspecified atom stereocenters. The topological polar surface area (TPSA) is 44.8 Å². The molecule has 1 fully saturated rings. The number of methoxy groups -OCH3 is 1. The third-order valence-electron chi connectivity index (χ3n) is 2.10. The second-order valence-corrected chi connectivity index (χ2v) is 3.05. The smallest absolute Gasteiger partial charge is 0.322 e. The van der Waals surface area contributed by atoms with E-state index in [1.807, 2.05) is 11.9 Å². The molecule has 1 aliphatic heterocycles. The zero-order chi connectivity index (χ0) is 9.68. The van der Waals surface area contributed by atoms with Crippen molar-refractivity contribution in [3.8, 4) is 0 Å². The second kappa shape index (κ2) is 5.04. The molecule has 5 heteroatoms. The molecule has 0 aromatic rings. The summed E-state index contributed by atoms with van der Waals surface area (Å²) in [6, 6.07) is 0.0806. The molecule has 1 aliphatic rings. The third kappa shape index (κ3) is 2.57. The van der Waals surface area contributed by atoms with E-state index in [2.05, 4.69) is 5.32 Å². The number of hydrogen-bond donors (Lipinski definition) is 1. The number of nitrogens with zero attached hydrogens (tertiary/aromatic N) is 2. The van der Waals surface area contributed by atoms with Gasteiger partial charge < -0.3 is 15.0 Å². The molecule has 2 amide bonds. The summed E-state index contributed by atoms with van der Waals surface area (Å²) in [5.74, 6) is 0. The minimum atomic E-state index is 0.0806. The normalized spacial score (nSPS) is 17.2. The van der Waals surface area contributed by atoms with E-state index in [0.29, 0.717) is 6.73 Å². The molecule has 1 saturated heterocycles. The standard InChI is InChI=1S/C8H17N3O2/c1-9-3-4-10-5-6-11(7-13-2)8(10)12/h9H,3-7H2,1-2H3. The van der Waals surface area contributed by atoms with Gasteiger partial charge in [-0.1, -0.05) is 0 Å². The Hall–Kier alpha value is -0.810. The van der Waals surface area contributed by atoms with Gasteiger partial charge in [0.15, 0.2) is 0 Å². The molecule has 76 valence electrons. The van der Waals surface area contributed by atoms with Gasteiger partial charge in [-0.25, -0.2) is 4.79 Å². The number of nitrogens with one attached hydrogen (secondary N) is 1. The molecule has 0 bridgehead atoms. The van der Waals surface area contributed by atoms with E-state index in [0.717, 1.165) is 26.2 Å². The monoisotopic (exact) mass is 187 g/mol. The number of carbonyl (C=O) groups is 1. The van der Waals surface area contributed by atoms with Crippen molar-refractivity contribution in [3.05, 3.63) is 0 Å². The molecule has 0 atom stereocenters. The lowest BCUT2D eigenvalue weighted by Crippen LogP contribution is -2.36. The molecule has 0 saturated carbocycles. The van der Waals surface area contributed by atoms with Crippen molar-refractivity contribution in [2.45, 2.75) is 0 Å². The molecule has 0 aliphatic carbocycles. The fourth-order valence-corrected chi connectivity index (χ4v) is 1.36. The number of rotatable bonds is 5. The van der Waals surface area contributed by atoms with Gasteiger partial charge in [-0.05, 0) is 7.05 Å². The largest absolute Gasteiger partial charge is 0.364 e. The number of hydrogen-bond acceptors (Lipinski definition) is 3. The number of amides is 2. The Labute approximate surface area is 78.6 Å². The fraction of sp³-hybridized carbons (Fsp3) is 0.875. The summed E-state index contributed by atoms with van der Waals surface area (Å²) in [7, 11) is 3.48. The van der Waals surface area contributed by atoms with Crippen molar-refractivity contribution in [2.24, 2.45) is 0 Å². The maximum Gasteiger partial charge on any atom is 0.322 e. The molecular formula is C8H17N3O2. The van der Waals surface area contributed by atoms with E-state index < -0.39 is 0 Å². The lowest BCUT2D eigenvalue weighted by Gasteiger charge is -2.17. The van der Waals surface area contributed by atoms with Crippen molar-refractivity contribution < 1.29 is 9.53 Å². The summed E-state index contributed by atoms with van der Waals surface area (Å²) < 4.78 is 4.91. The Morgan fingerprint density at radius 1 is 1.46 bits per heavy atom. The molecule has 0 aromatic heterocycles. The number of carbonyl (C=O) groups excluding carboxylic acids is 1. The first-order valence-electron chi connectivity index (χ1n) is 4.47. The minimum Gasteiger partial charge on any atom is -0.364 e. The van der Waals surface area contributed by atoms with Gasteiger partial charge in [0.2, 0.25) is 0 Å². The van der Waals surface area contributed by atoms with Gasteiger partial charge in [0.05, 0.1) is 0 Å². The quantitative estimate of drug-likeness (QED) is 0.634. The average molecular weight is 187 g/mol. The highest BCUT2D eigenvalue weighted by atomic mass is 16.5. The molecule has 1 rings (SSSR count). The summed E-state index contributed by atoms with van der Waals surface area (Å²) >= 11 is 0. The van der Waals surface area contributed by atoms with Crippen LogP contribution in [-0.4, -0.2) is 62.9 Å². The van der Waals surface area contributed by atoms with Crippen molar-refractivity contribution >= 4 is 6.03 Å². The third-order valence-corrected chi connectivity index (χ3v) is 2.10. The predicted molar refractivity (Wildman–Crippen MR) is 49.5 cm³/mol. The van der Waals surface area contributed by atoms with Crippen molar-refractivity contribution in [1.29, 1.82) is 0 Å². The van der Waals surface area contributed by atoms with Crippen LogP contribution < -0.4 is 5.32 Å². The van der Waals surface area contributed by atoms with Crippen molar-refractivity contribution in [2.75, 3.05) is 47.1 Å². The number of urea groups is 1. The second-order valence-electron chi connectivity index (χ2n) is 3.05. The van der Waals surface area contributed by atoms with Gasteiger partial charge in [0.1, 0.15) is 6.73 Å². The Bertz CT molecular complexity index is 175. The first kappa shape index (κ1) is 10.3. The zero-order valence-electron chi connectivity index (χ0n) is 8.25. The van der Waals surface area contributed by atoms with Crippen LogP contribution in [0.1, 0.15) is 0 Å². The van der Waals surface area contributed by atoms with E-state index in [-0.39, 0.29) is 6.03 Å². The highest BCUT2D eigenvalue weighted by Crippen LogP contribution is 2.06. The molecule has 5 nitrogen and oxygen atoms in total. The van der Waals surface area contributed by atoms with E-state index in [1.54, 1.807) is 12.0 Å². The first-order valence-corrected chi connectivity index (χ1v) is 4.47. The predicted octanol–water partition coefficient (Wildman–Crippen LogP) is -0.453. The van der Waals surface area contributed by atoms with E-state index in [4.69, 9.17) is 4.74 Å². The maximum atomic E-state index is 11.5. The van der Waals surface area contributed by atoms with E-state index in [9.17, 15) is 4.79 Å². The van der Waals surface area contributed by atoms with Crippen LogP contribution in [0, 0.1) is 0 Å². The van der Waals surface area contributed by atoms with Gasteiger partial charge in [0.25, 0.3) is 0 Å². The van der Waals surface area contributed by atoms with Crippen LogP contribution >= 0.6 is 0 Å². The molecule has 1 heterocycles.